The average Bonchev–Trinajstić information content (AvgIpc) is 3.45. The number of alkyl halides is 3. The normalized spacial score (nSPS) is 18.9. The molecule has 2 aromatic rings. The molecular weight excluding hydrogens is 375 g/mol. The van der Waals surface area contributed by atoms with E-state index < -0.39 is 11.7 Å². The Labute approximate surface area is 161 Å². The van der Waals surface area contributed by atoms with E-state index in [-0.39, 0.29) is 0 Å². The summed E-state index contributed by atoms with van der Waals surface area (Å²) >= 11 is 5.51. The predicted molar refractivity (Wildman–Crippen MR) is 98.4 cm³/mol. The smallest absolute Gasteiger partial charge is 0.360 e. The lowest BCUT2D eigenvalue weighted by molar-refractivity contribution is -0.924. The summed E-state index contributed by atoms with van der Waals surface area (Å²) in [6.07, 6.45) is -1.94. The summed E-state index contributed by atoms with van der Waals surface area (Å²) in [5, 5.41) is 4.70. The van der Waals surface area contributed by atoms with Crippen molar-refractivity contribution in [3.8, 4) is 0 Å². The highest BCUT2D eigenvalue weighted by Crippen LogP contribution is 2.38. The van der Waals surface area contributed by atoms with Gasteiger partial charge in [0.15, 0.2) is 6.67 Å². The van der Waals surface area contributed by atoms with Crippen molar-refractivity contribution in [3.05, 3.63) is 40.4 Å². The molecule has 0 unspecified atom stereocenters. The van der Waals surface area contributed by atoms with Crippen LogP contribution in [0.15, 0.2) is 24.3 Å². The molecule has 4 rings (SSSR count). The van der Waals surface area contributed by atoms with Gasteiger partial charge < -0.3 is 14.4 Å². The number of hydrogen-bond donors (Lipinski definition) is 1. The number of nitrogens with zero attached hydrogens (tertiary/aromatic N) is 4. The van der Waals surface area contributed by atoms with Gasteiger partial charge in [-0.2, -0.15) is 23.0 Å². The molecule has 1 aromatic heterocycles. The lowest BCUT2D eigenvalue weighted by Crippen LogP contribution is -3.14. The molecule has 0 amide bonds. The molecule has 2 fully saturated rings. The number of benzene rings is 1. The molecule has 1 N–H and O–H groups in total. The maximum atomic E-state index is 12.9. The second kappa shape index (κ2) is 6.94. The number of aromatic nitrogens is 3. The van der Waals surface area contributed by atoms with Crippen molar-refractivity contribution in [1.29, 1.82) is 0 Å². The van der Waals surface area contributed by atoms with Crippen molar-refractivity contribution in [2.45, 2.75) is 31.6 Å². The largest absolute Gasteiger partial charge is 0.416 e. The van der Waals surface area contributed by atoms with Gasteiger partial charge in [-0.3, -0.25) is 0 Å². The molecule has 0 bridgehead atoms. The van der Waals surface area contributed by atoms with Crippen molar-refractivity contribution >= 4 is 17.9 Å². The molecule has 5 nitrogen and oxygen atoms in total. The molecule has 9 heteroatoms. The van der Waals surface area contributed by atoms with Crippen molar-refractivity contribution in [3.63, 3.8) is 0 Å². The van der Waals surface area contributed by atoms with Crippen LogP contribution < -0.4 is 9.80 Å². The van der Waals surface area contributed by atoms with Crippen LogP contribution >= 0.6 is 12.2 Å². The van der Waals surface area contributed by atoms with Crippen LogP contribution in [-0.4, -0.2) is 40.5 Å². The molecule has 0 spiro atoms. The van der Waals surface area contributed by atoms with E-state index in [1.165, 1.54) is 29.9 Å². The summed E-state index contributed by atoms with van der Waals surface area (Å²) in [4.78, 5) is 3.36. The molecule has 1 saturated carbocycles. The summed E-state index contributed by atoms with van der Waals surface area (Å²) in [6, 6.07) is 5.58. The molecule has 0 atom stereocenters. The highest BCUT2D eigenvalue weighted by molar-refractivity contribution is 7.71. The monoisotopic (exact) mass is 398 g/mol. The van der Waals surface area contributed by atoms with Crippen molar-refractivity contribution in [2.75, 3.05) is 31.1 Å². The number of nitrogens with one attached hydrogen (secondary N) is 1. The third-order valence-electron chi connectivity index (χ3n) is 5.40. The molecule has 1 aromatic carbocycles. The topological polar surface area (TPSA) is 30.4 Å². The van der Waals surface area contributed by atoms with Crippen molar-refractivity contribution < 1.29 is 18.1 Å². The Morgan fingerprint density at radius 3 is 2.56 bits per heavy atom. The molecular formula is C18H23F3N5S+. The fraction of sp³-hybridized carbons (Fsp3) is 0.556. The predicted octanol–water partition coefficient (Wildman–Crippen LogP) is 2.21. The first-order valence-electron chi connectivity index (χ1n) is 9.22. The molecule has 1 saturated heterocycles. The maximum Gasteiger partial charge on any atom is 0.416 e. The minimum atomic E-state index is -4.31. The van der Waals surface area contributed by atoms with Crippen LogP contribution in [0, 0.1) is 4.77 Å². The molecule has 0 radical (unpaired) electrons. The second-order valence-electron chi connectivity index (χ2n) is 7.42. The van der Waals surface area contributed by atoms with E-state index in [9.17, 15) is 13.2 Å². The Balaban J connectivity index is 1.40. The highest BCUT2D eigenvalue weighted by Gasteiger charge is 2.32. The van der Waals surface area contributed by atoms with E-state index in [2.05, 4.69) is 0 Å². The summed E-state index contributed by atoms with van der Waals surface area (Å²) in [6.45, 7) is 3.81. The number of hydrogen-bond acceptors (Lipinski definition) is 3. The summed E-state index contributed by atoms with van der Waals surface area (Å²) in [7, 11) is 1.97. The van der Waals surface area contributed by atoms with Gasteiger partial charge in [0, 0.05) is 18.7 Å². The van der Waals surface area contributed by atoms with Crippen LogP contribution in [0.5, 0.6) is 0 Å². The Kier molecular flexibility index (Phi) is 4.75. The van der Waals surface area contributed by atoms with Gasteiger partial charge >= 0.3 is 6.18 Å². The fourth-order valence-corrected chi connectivity index (χ4v) is 3.83. The minimum absolute atomic E-state index is 0.547. The van der Waals surface area contributed by atoms with Crippen molar-refractivity contribution in [2.24, 2.45) is 7.05 Å². The van der Waals surface area contributed by atoms with Gasteiger partial charge in [0.05, 0.1) is 31.7 Å². The van der Waals surface area contributed by atoms with E-state index in [1.54, 1.807) is 6.07 Å². The number of anilines is 1. The molecule has 2 aliphatic rings. The van der Waals surface area contributed by atoms with Crippen LogP contribution in [0.3, 0.4) is 0 Å². The van der Waals surface area contributed by atoms with Gasteiger partial charge in [0.25, 0.3) is 0 Å². The number of quaternary nitrogens is 1. The van der Waals surface area contributed by atoms with Crippen molar-refractivity contribution in [1.82, 2.24) is 14.3 Å². The van der Waals surface area contributed by atoms with E-state index in [0.717, 1.165) is 29.8 Å². The van der Waals surface area contributed by atoms with Gasteiger partial charge in [-0.15, -0.1) is 0 Å². The lowest BCUT2D eigenvalue weighted by Gasteiger charge is -2.33. The van der Waals surface area contributed by atoms with Crippen LogP contribution in [0.25, 0.3) is 0 Å². The molecule has 2 heterocycles. The molecule has 27 heavy (non-hydrogen) atoms. The van der Waals surface area contributed by atoms with Gasteiger partial charge in [-0.1, -0.05) is 6.07 Å². The van der Waals surface area contributed by atoms with Gasteiger partial charge in [0.1, 0.15) is 5.82 Å². The van der Waals surface area contributed by atoms with Gasteiger partial charge in [-0.25, -0.2) is 0 Å². The number of halogens is 3. The first-order chi connectivity index (χ1) is 12.8. The Bertz CT molecular complexity index is 876. The zero-order valence-electron chi connectivity index (χ0n) is 15.2. The number of piperazine rings is 1. The van der Waals surface area contributed by atoms with E-state index >= 15 is 0 Å². The van der Waals surface area contributed by atoms with E-state index in [1.807, 2.05) is 21.2 Å². The van der Waals surface area contributed by atoms with Gasteiger partial charge in [-0.05, 0) is 43.3 Å². The van der Waals surface area contributed by atoms with Crippen LogP contribution in [0.4, 0.5) is 18.9 Å². The molecule has 1 aliphatic heterocycles. The Hall–Kier alpha value is -1.87. The van der Waals surface area contributed by atoms with Crippen LogP contribution in [-0.2, 0) is 19.9 Å². The zero-order valence-corrected chi connectivity index (χ0v) is 16.0. The van der Waals surface area contributed by atoms with Crippen LogP contribution in [0.2, 0.25) is 0 Å². The standard InChI is InChI=1S/C18H22F3N5S/c1-23-16(13-5-6-13)22-26(17(23)27)12-24-7-9-25(10-8-24)15-4-2-3-14(11-15)18(19,20)21/h2-4,11,13H,5-10,12H2,1H3/p+1. The summed E-state index contributed by atoms with van der Waals surface area (Å²) in [5.41, 5.74) is 0.0384. The first kappa shape index (κ1) is 18.5. The Morgan fingerprint density at radius 1 is 1.22 bits per heavy atom. The van der Waals surface area contributed by atoms with Gasteiger partial charge in [0.2, 0.25) is 4.77 Å². The zero-order chi connectivity index (χ0) is 19.2. The second-order valence-corrected chi connectivity index (χ2v) is 7.78. The Morgan fingerprint density at radius 2 is 1.93 bits per heavy atom. The van der Waals surface area contributed by atoms with E-state index in [0.29, 0.717) is 31.4 Å². The quantitative estimate of drug-likeness (QED) is 0.802. The summed E-state index contributed by atoms with van der Waals surface area (Å²) in [5.74, 6) is 1.62. The third kappa shape index (κ3) is 3.89. The average molecular weight is 398 g/mol. The molecule has 1 aliphatic carbocycles. The fourth-order valence-electron chi connectivity index (χ4n) is 3.63. The molecule has 146 valence electrons. The minimum Gasteiger partial charge on any atom is -0.360 e. The number of rotatable bonds is 4. The SMILES string of the molecule is Cn1c(C2CC2)nn(C[NH+]2CCN(c3cccc(C(F)(F)F)c3)CC2)c1=S. The highest BCUT2D eigenvalue weighted by atomic mass is 32.1. The lowest BCUT2D eigenvalue weighted by atomic mass is 10.1. The van der Waals surface area contributed by atoms with Crippen LogP contribution in [0.1, 0.15) is 30.1 Å². The third-order valence-corrected chi connectivity index (χ3v) is 5.88. The maximum absolute atomic E-state index is 12.9. The van der Waals surface area contributed by atoms with E-state index in [4.69, 9.17) is 17.3 Å². The first-order valence-corrected chi connectivity index (χ1v) is 9.63. The summed E-state index contributed by atoms with van der Waals surface area (Å²) < 4.78 is 43.4.